The highest BCUT2D eigenvalue weighted by atomic mass is 14.6. The van der Waals surface area contributed by atoms with E-state index in [1.807, 2.05) is 5.92 Å². The van der Waals surface area contributed by atoms with Crippen molar-refractivity contribution in [1.29, 1.82) is 0 Å². The van der Waals surface area contributed by atoms with Gasteiger partial charge in [-0.05, 0) is 61.2 Å². The van der Waals surface area contributed by atoms with Crippen LogP contribution < -0.4 is 0 Å². The lowest BCUT2D eigenvalue weighted by atomic mass is 9.44. The third-order valence-electron chi connectivity index (χ3n) is 4.85. The summed E-state index contributed by atoms with van der Waals surface area (Å²) in [7, 11) is 0. The predicted octanol–water partition coefficient (Wildman–Crippen LogP) is 3.24. The molecule has 0 amide bonds. The molecule has 0 aromatic carbocycles. The summed E-state index contributed by atoms with van der Waals surface area (Å²) in [5, 5.41) is 0. The minimum atomic E-state index is 0.676. The Morgan fingerprint density at radius 2 is 2.25 bits per heavy atom. The van der Waals surface area contributed by atoms with Gasteiger partial charge in [0, 0.05) is 0 Å². The van der Waals surface area contributed by atoms with Crippen LogP contribution in [-0.2, 0) is 0 Å². The Balaban J connectivity index is 1.88. The van der Waals surface area contributed by atoms with Gasteiger partial charge in [0.25, 0.3) is 0 Å². The highest BCUT2D eigenvalue weighted by molar-refractivity contribution is 5.23. The van der Waals surface area contributed by atoms with Crippen LogP contribution >= 0.6 is 0 Å². The van der Waals surface area contributed by atoms with Crippen molar-refractivity contribution in [3.05, 3.63) is 12.3 Å². The van der Waals surface area contributed by atoms with E-state index in [0.717, 1.165) is 17.8 Å². The zero-order valence-corrected chi connectivity index (χ0v) is 8.14. The lowest BCUT2D eigenvalue weighted by Crippen LogP contribution is -2.53. The number of rotatable bonds is 0. The molecule has 4 rings (SSSR count). The van der Waals surface area contributed by atoms with Crippen molar-refractivity contribution in [3.8, 4) is 0 Å². The SMILES string of the molecule is CC1(C)C2C[C]3CC[CH]C3C1C2. The van der Waals surface area contributed by atoms with E-state index in [1.54, 1.807) is 0 Å². The molecular weight excluding hydrogens is 144 g/mol. The van der Waals surface area contributed by atoms with Crippen LogP contribution in [0.4, 0.5) is 0 Å². The molecule has 0 saturated heterocycles. The smallest absolute Gasteiger partial charge is 0.0201 e. The van der Waals surface area contributed by atoms with Gasteiger partial charge in [-0.15, -0.1) is 0 Å². The van der Waals surface area contributed by atoms with Gasteiger partial charge in [0.2, 0.25) is 0 Å². The summed E-state index contributed by atoms with van der Waals surface area (Å²) >= 11 is 0. The Kier molecular flexibility index (Phi) is 1.28. The van der Waals surface area contributed by atoms with Crippen molar-refractivity contribution in [3.63, 3.8) is 0 Å². The summed E-state index contributed by atoms with van der Waals surface area (Å²) in [4.78, 5) is 0. The van der Waals surface area contributed by atoms with Crippen molar-refractivity contribution in [2.24, 2.45) is 23.2 Å². The van der Waals surface area contributed by atoms with Crippen LogP contribution in [0, 0.1) is 35.5 Å². The number of hydrogen-bond acceptors (Lipinski definition) is 0. The first-order valence-electron chi connectivity index (χ1n) is 5.37. The van der Waals surface area contributed by atoms with E-state index in [1.165, 1.54) is 25.7 Å². The topological polar surface area (TPSA) is 0 Å². The zero-order chi connectivity index (χ0) is 8.34. The van der Waals surface area contributed by atoms with E-state index in [0.29, 0.717) is 5.41 Å². The minimum Gasteiger partial charge on any atom is -0.0594 e. The molecule has 66 valence electrons. The molecule has 0 aromatic heterocycles. The molecule has 2 bridgehead atoms. The Morgan fingerprint density at radius 1 is 1.42 bits per heavy atom. The summed E-state index contributed by atoms with van der Waals surface area (Å²) < 4.78 is 0. The predicted molar refractivity (Wildman–Crippen MR) is 50.3 cm³/mol. The molecule has 4 fully saturated rings. The maximum Gasteiger partial charge on any atom is -0.0201 e. The van der Waals surface area contributed by atoms with Gasteiger partial charge in [-0.2, -0.15) is 0 Å². The van der Waals surface area contributed by atoms with Crippen LogP contribution in [0.3, 0.4) is 0 Å². The molecular formula is C12H18. The average molecular weight is 162 g/mol. The van der Waals surface area contributed by atoms with Gasteiger partial charge in [0.1, 0.15) is 0 Å². The normalized spacial score (nSPS) is 50.0. The summed E-state index contributed by atoms with van der Waals surface area (Å²) in [5.74, 6) is 4.90. The van der Waals surface area contributed by atoms with E-state index in [2.05, 4.69) is 20.3 Å². The largest absolute Gasteiger partial charge is 0.0594 e. The highest BCUT2D eigenvalue weighted by Gasteiger charge is 2.58. The van der Waals surface area contributed by atoms with Gasteiger partial charge in [-0.3, -0.25) is 0 Å². The second-order valence-corrected chi connectivity index (χ2v) is 5.52. The van der Waals surface area contributed by atoms with E-state index in [4.69, 9.17) is 0 Å². The van der Waals surface area contributed by atoms with Gasteiger partial charge in [-0.1, -0.05) is 13.8 Å². The Morgan fingerprint density at radius 3 is 3.00 bits per heavy atom. The molecule has 0 nitrogen and oxygen atoms in total. The van der Waals surface area contributed by atoms with Crippen molar-refractivity contribution < 1.29 is 0 Å². The first kappa shape index (κ1) is 7.41. The summed E-state index contributed by atoms with van der Waals surface area (Å²) in [5.41, 5.74) is 0.676. The third-order valence-corrected chi connectivity index (χ3v) is 4.85. The maximum atomic E-state index is 2.59. The lowest BCUT2D eigenvalue weighted by molar-refractivity contribution is -0.0786. The molecule has 4 aliphatic rings. The molecule has 3 atom stereocenters. The Hall–Kier alpha value is 0. The quantitative estimate of drug-likeness (QED) is 0.513. The molecule has 2 radical (unpaired) electrons. The first-order chi connectivity index (χ1) is 5.69. The Bertz CT molecular complexity index is 204. The van der Waals surface area contributed by atoms with Crippen molar-refractivity contribution in [2.75, 3.05) is 0 Å². The van der Waals surface area contributed by atoms with Gasteiger partial charge >= 0.3 is 0 Å². The monoisotopic (exact) mass is 162 g/mol. The molecule has 0 aliphatic heterocycles. The summed E-state index contributed by atoms with van der Waals surface area (Å²) in [6.07, 6.45) is 8.38. The first-order valence-corrected chi connectivity index (χ1v) is 5.37. The fourth-order valence-corrected chi connectivity index (χ4v) is 3.80. The molecule has 4 aliphatic carbocycles. The van der Waals surface area contributed by atoms with E-state index in [9.17, 15) is 0 Å². The van der Waals surface area contributed by atoms with Crippen LogP contribution in [0.25, 0.3) is 0 Å². The van der Waals surface area contributed by atoms with Gasteiger partial charge in [0.05, 0.1) is 0 Å². The van der Waals surface area contributed by atoms with Crippen LogP contribution in [-0.4, -0.2) is 0 Å². The number of hydrogen-bond donors (Lipinski definition) is 0. The lowest BCUT2D eigenvalue weighted by Gasteiger charge is -2.61. The van der Waals surface area contributed by atoms with Crippen LogP contribution in [0.5, 0.6) is 0 Å². The fourth-order valence-electron chi connectivity index (χ4n) is 3.80. The van der Waals surface area contributed by atoms with E-state index in [-0.39, 0.29) is 0 Å². The maximum absolute atomic E-state index is 2.59. The highest BCUT2D eigenvalue weighted by Crippen LogP contribution is 2.66. The second kappa shape index (κ2) is 2.08. The molecule has 0 aromatic rings. The second-order valence-electron chi connectivity index (χ2n) is 5.52. The standard InChI is InChI=1S/C12H18/c1-12(2)9-6-8-4-3-5-10(8)11(12)7-9/h5,9-11H,3-4,6-7H2,1-2H3. The average Bonchev–Trinajstić information content (AvgIpc) is 2.49. The van der Waals surface area contributed by atoms with E-state index < -0.39 is 0 Å². The van der Waals surface area contributed by atoms with E-state index >= 15 is 0 Å². The molecule has 0 heteroatoms. The molecule has 12 heavy (non-hydrogen) atoms. The fraction of sp³-hybridized carbons (Fsp3) is 0.833. The minimum absolute atomic E-state index is 0.676. The molecule has 0 N–H and O–H groups in total. The van der Waals surface area contributed by atoms with Crippen LogP contribution in [0.15, 0.2) is 0 Å². The van der Waals surface area contributed by atoms with Gasteiger partial charge in [-0.25, -0.2) is 0 Å². The van der Waals surface area contributed by atoms with Crippen molar-refractivity contribution in [2.45, 2.75) is 39.5 Å². The van der Waals surface area contributed by atoms with Crippen molar-refractivity contribution >= 4 is 0 Å². The van der Waals surface area contributed by atoms with Crippen LogP contribution in [0.1, 0.15) is 39.5 Å². The Labute approximate surface area is 75.7 Å². The molecule has 3 unspecified atom stereocenters. The van der Waals surface area contributed by atoms with Crippen molar-refractivity contribution in [1.82, 2.24) is 0 Å². The molecule has 0 spiro atoms. The zero-order valence-electron chi connectivity index (χ0n) is 8.14. The van der Waals surface area contributed by atoms with Gasteiger partial charge < -0.3 is 0 Å². The molecule has 0 heterocycles. The van der Waals surface area contributed by atoms with Crippen LogP contribution in [0.2, 0.25) is 0 Å². The molecule has 4 saturated carbocycles. The summed E-state index contributed by atoms with van der Waals surface area (Å²) in [6, 6.07) is 0. The summed E-state index contributed by atoms with van der Waals surface area (Å²) in [6.45, 7) is 4.96. The third kappa shape index (κ3) is 0.701. The van der Waals surface area contributed by atoms with Gasteiger partial charge in [0.15, 0.2) is 0 Å².